The largest absolute Gasteiger partial charge is 0.418 e. The summed E-state index contributed by atoms with van der Waals surface area (Å²) in [6.45, 7) is 4.90. The van der Waals surface area contributed by atoms with Gasteiger partial charge in [-0.05, 0) is 36.4 Å². The Kier molecular flexibility index (Phi) is 5.20. The molecule has 4 aromatic rings. The number of pyridine rings is 1. The molecule has 1 aromatic carbocycles. The zero-order valence-electron chi connectivity index (χ0n) is 17.6. The maximum Gasteiger partial charge on any atom is 0.418 e. The first kappa shape index (κ1) is 21.5. The lowest BCUT2D eigenvalue weighted by Gasteiger charge is -2.20. The van der Waals surface area contributed by atoms with Gasteiger partial charge in [-0.1, -0.05) is 26.8 Å². The zero-order valence-corrected chi connectivity index (χ0v) is 17.6. The highest BCUT2D eigenvalue weighted by atomic mass is 19.4. The monoisotopic (exact) mass is 439 g/mol. The van der Waals surface area contributed by atoms with Gasteiger partial charge in [-0.15, -0.1) is 0 Å². The van der Waals surface area contributed by atoms with Gasteiger partial charge in [-0.25, -0.2) is 9.50 Å². The van der Waals surface area contributed by atoms with E-state index in [4.69, 9.17) is 0 Å². The number of rotatable bonds is 3. The number of aromatic nitrogens is 4. The van der Waals surface area contributed by atoms with Crippen molar-refractivity contribution in [3.05, 3.63) is 66.6 Å². The van der Waals surface area contributed by atoms with Crippen LogP contribution in [0.15, 0.2) is 61.1 Å². The van der Waals surface area contributed by atoms with E-state index in [0.717, 1.165) is 11.6 Å². The molecule has 3 heterocycles. The summed E-state index contributed by atoms with van der Waals surface area (Å²) in [5.74, 6) is -0.515. The van der Waals surface area contributed by atoms with Crippen LogP contribution in [0.5, 0.6) is 0 Å². The second kappa shape index (κ2) is 7.74. The number of amides is 1. The maximum atomic E-state index is 13.5. The van der Waals surface area contributed by atoms with Gasteiger partial charge >= 0.3 is 6.18 Å². The quantitative estimate of drug-likeness (QED) is 0.460. The minimum Gasteiger partial charge on any atom is -0.325 e. The molecule has 0 fully saturated rings. The van der Waals surface area contributed by atoms with Gasteiger partial charge in [-0.2, -0.15) is 18.3 Å². The van der Waals surface area contributed by atoms with Gasteiger partial charge in [0.05, 0.1) is 28.8 Å². The van der Waals surface area contributed by atoms with Crippen LogP contribution in [-0.4, -0.2) is 25.5 Å². The van der Waals surface area contributed by atoms with E-state index in [0.29, 0.717) is 22.6 Å². The van der Waals surface area contributed by atoms with E-state index in [9.17, 15) is 18.0 Å². The molecule has 0 atom stereocenters. The third kappa shape index (κ3) is 4.32. The summed E-state index contributed by atoms with van der Waals surface area (Å²) in [6, 6.07) is 10.8. The molecule has 32 heavy (non-hydrogen) atoms. The summed E-state index contributed by atoms with van der Waals surface area (Å²) >= 11 is 0. The highest BCUT2D eigenvalue weighted by molar-refractivity contribution is 5.96. The predicted octanol–water partition coefficient (Wildman–Crippen LogP) is 5.46. The number of nitrogens with zero attached hydrogens (tertiary/aromatic N) is 4. The smallest absolute Gasteiger partial charge is 0.325 e. The molecular formula is C23H20F3N5O. The summed E-state index contributed by atoms with van der Waals surface area (Å²) in [7, 11) is 0. The van der Waals surface area contributed by atoms with Gasteiger partial charge in [0, 0.05) is 28.9 Å². The maximum absolute atomic E-state index is 13.5. The van der Waals surface area contributed by atoms with Gasteiger partial charge in [-0.3, -0.25) is 9.78 Å². The number of fused-ring (bicyclic) bond motifs is 1. The number of benzene rings is 1. The molecule has 6 nitrogen and oxygen atoms in total. The molecule has 0 aliphatic carbocycles. The van der Waals surface area contributed by atoms with Crippen molar-refractivity contribution >= 4 is 17.2 Å². The van der Waals surface area contributed by atoms with Gasteiger partial charge < -0.3 is 5.32 Å². The number of carbonyl (C=O) groups excluding carboxylic acids is 1. The summed E-state index contributed by atoms with van der Waals surface area (Å²) in [4.78, 5) is 20.8. The van der Waals surface area contributed by atoms with E-state index in [1.807, 2.05) is 18.2 Å². The first-order valence-electron chi connectivity index (χ1n) is 9.82. The van der Waals surface area contributed by atoms with Gasteiger partial charge in [0.25, 0.3) is 0 Å². The van der Waals surface area contributed by atoms with Crippen LogP contribution in [0.3, 0.4) is 0 Å². The molecule has 9 heteroatoms. The average Bonchev–Trinajstić information content (AvgIpc) is 3.16. The lowest BCUT2D eigenvalue weighted by molar-refractivity contribution is -0.137. The molecule has 0 radical (unpaired) electrons. The zero-order chi connectivity index (χ0) is 23.1. The number of nitrogens with one attached hydrogen (secondary N) is 1. The first-order chi connectivity index (χ1) is 15.0. The van der Waals surface area contributed by atoms with Crippen LogP contribution in [-0.2, 0) is 11.0 Å². The number of hydrogen-bond acceptors (Lipinski definition) is 4. The second-order valence-corrected chi connectivity index (χ2v) is 8.35. The van der Waals surface area contributed by atoms with Crippen LogP contribution in [0.2, 0.25) is 0 Å². The summed E-state index contributed by atoms with van der Waals surface area (Å²) in [5.41, 5.74) is 0.904. The van der Waals surface area contributed by atoms with Crippen molar-refractivity contribution in [3.63, 3.8) is 0 Å². The van der Waals surface area contributed by atoms with Crippen molar-refractivity contribution in [2.24, 2.45) is 5.41 Å². The van der Waals surface area contributed by atoms with Crippen LogP contribution in [0.4, 0.5) is 18.9 Å². The van der Waals surface area contributed by atoms with Crippen molar-refractivity contribution in [1.82, 2.24) is 19.6 Å². The minimum atomic E-state index is -4.61. The van der Waals surface area contributed by atoms with Crippen LogP contribution in [0.25, 0.3) is 28.2 Å². The molecule has 0 saturated heterocycles. The molecule has 0 spiro atoms. The Bertz CT molecular complexity index is 1290. The molecule has 1 amide bonds. The Morgan fingerprint density at radius 2 is 1.66 bits per heavy atom. The molecule has 164 valence electrons. The topological polar surface area (TPSA) is 72.2 Å². The number of halogens is 3. The normalized spacial score (nSPS) is 12.2. The summed E-state index contributed by atoms with van der Waals surface area (Å²) in [5, 5.41) is 6.94. The van der Waals surface area contributed by atoms with Gasteiger partial charge in [0.1, 0.15) is 0 Å². The SMILES string of the molecule is CC(C)(C)C(=O)Nc1cc(-c2cn3nc(-c4ccncc4)ccc3n2)ccc1C(F)(F)F. The van der Waals surface area contributed by atoms with E-state index in [1.165, 1.54) is 12.1 Å². The number of imidazole rings is 1. The van der Waals surface area contributed by atoms with Gasteiger partial charge in [0.2, 0.25) is 5.91 Å². The first-order valence-corrected chi connectivity index (χ1v) is 9.82. The fraction of sp³-hybridized carbons (Fsp3) is 0.217. The van der Waals surface area contributed by atoms with Crippen LogP contribution >= 0.6 is 0 Å². The predicted molar refractivity (Wildman–Crippen MR) is 115 cm³/mol. The number of alkyl halides is 3. The Balaban J connectivity index is 1.75. The van der Waals surface area contributed by atoms with Crippen molar-refractivity contribution in [2.45, 2.75) is 26.9 Å². The molecule has 0 saturated carbocycles. The van der Waals surface area contributed by atoms with E-state index in [2.05, 4.69) is 20.4 Å². The highest BCUT2D eigenvalue weighted by Gasteiger charge is 2.35. The van der Waals surface area contributed by atoms with Crippen molar-refractivity contribution in [3.8, 4) is 22.5 Å². The molecule has 0 bridgehead atoms. The third-order valence-electron chi connectivity index (χ3n) is 4.85. The number of carbonyl (C=O) groups is 1. The Morgan fingerprint density at radius 1 is 0.938 bits per heavy atom. The fourth-order valence-electron chi connectivity index (χ4n) is 3.06. The lowest BCUT2D eigenvalue weighted by atomic mass is 9.95. The Hall–Kier alpha value is -3.75. The summed E-state index contributed by atoms with van der Waals surface area (Å²) < 4.78 is 42.1. The van der Waals surface area contributed by atoms with Crippen molar-refractivity contribution in [1.29, 1.82) is 0 Å². The molecule has 1 N–H and O–H groups in total. The number of anilines is 1. The van der Waals surface area contributed by atoms with Crippen molar-refractivity contribution < 1.29 is 18.0 Å². The van der Waals surface area contributed by atoms with Crippen LogP contribution < -0.4 is 5.32 Å². The molecular weight excluding hydrogens is 419 g/mol. The lowest BCUT2D eigenvalue weighted by Crippen LogP contribution is -2.28. The highest BCUT2D eigenvalue weighted by Crippen LogP contribution is 2.37. The molecule has 0 unspecified atom stereocenters. The molecule has 0 aliphatic rings. The Morgan fingerprint density at radius 3 is 2.31 bits per heavy atom. The molecule has 4 rings (SSSR count). The molecule has 3 aromatic heterocycles. The summed E-state index contributed by atoms with van der Waals surface area (Å²) in [6.07, 6.45) is 0.350. The third-order valence-corrected chi connectivity index (χ3v) is 4.85. The second-order valence-electron chi connectivity index (χ2n) is 8.35. The minimum absolute atomic E-state index is 0.308. The van der Waals surface area contributed by atoms with Crippen LogP contribution in [0, 0.1) is 5.41 Å². The average molecular weight is 439 g/mol. The van der Waals surface area contributed by atoms with Gasteiger partial charge in [0.15, 0.2) is 5.65 Å². The van der Waals surface area contributed by atoms with Crippen LogP contribution in [0.1, 0.15) is 26.3 Å². The fourth-order valence-corrected chi connectivity index (χ4v) is 3.06. The Labute approximate surface area is 182 Å². The standard InChI is InChI=1S/C23H20F3N5O/c1-22(2,3)21(32)29-18-12-15(4-5-16(18)23(24,25)26)19-13-31-20(28-19)7-6-17(30-31)14-8-10-27-11-9-14/h4-13H,1-3H3,(H,29,32). The van der Waals surface area contributed by atoms with Crippen molar-refractivity contribution in [2.75, 3.05) is 5.32 Å². The molecule has 0 aliphatic heterocycles. The van der Waals surface area contributed by atoms with E-state index >= 15 is 0 Å². The van der Waals surface area contributed by atoms with E-state index in [-0.39, 0.29) is 5.69 Å². The van der Waals surface area contributed by atoms with E-state index < -0.39 is 23.1 Å². The van der Waals surface area contributed by atoms with E-state index in [1.54, 1.807) is 49.9 Å². The number of hydrogen-bond donors (Lipinski definition) is 1.